The van der Waals surface area contributed by atoms with Crippen molar-refractivity contribution < 1.29 is 4.79 Å². The number of rotatable bonds is 3. The average molecular weight is 495 g/mol. The summed E-state index contributed by atoms with van der Waals surface area (Å²) in [6.07, 6.45) is 9.25. The van der Waals surface area contributed by atoms with Gasteiger partial charge in [0, 0.05) is 43.3 Å². The number of piperazine rings is 1. The molecule has 0 bridgehead atoms. The van der Waals surface area contributed by atoms with Crippen LogP contribution in [-0.2, 0) is 4.79 Å². The largest absolute Gasteiger partial charge is 0.340 e. The molecule has 168 valence electrons. The van der Waals surface area contributed by atoms with Gasteiger partial charge in [0.2, 0.25) is 5.91 Å². The van der Waals surface area contributed by atoms with Gasteiger partial charge in [-0.2, -0.15) is 0 Å². The molecule has 3 aliphatic rings. The summed E-state index contributed by atoms with van der Waals surface area (Å²) in [7, 11) is 0. The zero-order valence-electron chi connectivity index (χ0n) is 18.7. The number of piperidine rings is 1. The third-order valence-corrected chi connectivity index (χ3v) is 7.54. The molecule has 0 radical (unpaired) electrons. The molecular weight excluding hydrogens is 464 g/mol. The molecule has 1 amide bonds. The summed E-state index contributed by atoms with van der Waals surface area (Å²) >= 11 is 3.58. The minimum Gasteiger partial charge on any atom is -0.340 e. The van der Waals surface area contributed by atoms with Crippen LogP contribution in [-0.4, -0.2) is 60.0 Å². The molecule has 1 atom stereocenters. The molecule has 1 unspecified atom stereocenters. The second kappa shape index (κ2) is 9.46. The Hall–Kier alpha value is -2.02. The number of aryl methyl sites for hydroxylation is 1. The monoisotopic (exact) mass is 494 g/mol. The average Bonchev–Trinajstić information content (AvgIpc) is 2.96. The van der Waals surface area contributed by atoms with Gasteiger partial charge in [0.05, 0.1) is 11.7 Å². The molecule has 32 heavy (non-hydrogen) atoms. The van der Waals surface area contributed by atoms with Crippen molar-refractivity contribution in [2.45, 2.75) is 32.2 Å². The molecular formula is C26H31BrN4O. The maximum Gasteiger partial charge on any atom is 0.222 e. The number of carbonyl (C=O) groups is 1. The van der Waals surface area contributed by atoms with Gasteiger partial charge >= 0.3 is 0 Å². The molecule has 1 aromatic carbocycles. The lowest BCUT2D eigenvalue weighted by atomic mass is 9.93. The van der Waals surface area contributed by atoms with Crippen LogP contribution in [0.25, 0.3) is 12.2 Å². The molecule has 2 fully saturated rings. The Labute approximate surface area is 199 Å². The number of halogens is 1. The van der Waals surface area contributed by atoms with Crippen LogP contribution in [0.1, 0.15) is 53.3 Å². The topological polar surface area (TPSA) is 48.5 Å². The number of benzene rings is 1. The number of hydrogen-bond donors (Lipinski definition) is 1. The summed E-state index contributed by atoms with van der Waals surface area (Å²) in [5.74, 6) is 0.872. The van der Waals surface area contributed by atoms with E-state index in [1.165, 1.54) is 16.7 Å². The summed E-state index contributed by atoms with van der Waals surface area (Å²) in [6, 6.07) is 8.97. The Kier molecular flexibility index (Phi) is 6.44. The van der Waals surface area contributed by atoms with E-state index in [0.717, 1.165) is 67.8 Å². The molecule has 1 N–H and O–H groups in total. The van der Waals surface area contributed by atoms with Crippen molar-refractivity contribution in [3.05, 3.63) is 62.9 Å². The van der Waals surface area contributed by atoms with Gasteiger partial charge in [-0.3, -0.25) is 14.7 Å². The minimum atomic E-state index is 0.102. The predicted octanol–water partition coefficient (Wildman–Crippen LogP) is 4.26. The van der Waals surface area contributed by atoms with Crippen molar-refractivity contribution >= 4 is 34.0 Å². The van der Waals surface area contributed by atoms with Crippen molar-refractivity contribution in [1.29, 1.82) is 0 Å². The van der Waals surface area contributed by atoms with Crippen LogP contribution in [0.5, 0.6) is 0 Å². The molecule has 1 aliphatic carbocycles. The fourth-order valence-electron chi connectivity index (χ4n) is 5.30. The van der Waals surface area contributed by atoms with Crippen molar-refractivity contribution in [2.75, 3.05) is 39.3 Å². The highest BCUT2D eigenvalue weighted by atomic mass is 79.9. The minimum absolute atomic E-state index is 0.102. The Bertz CT molecular complexity index is 967. The second-order valence-electron chi connectivity index (χ2n) is 9.31. The van der Waals surface area contributed by atoms with Crippen LogP contribution in [0.15, 0.2) is 34.9 Å². The van der Waals surface area contributed by atoms with Crippen LogP contribution >= 0.6 is 15.9 Å². The van der Waals surface area contributed by atoms with Gasteiger partial charge in [0.25, 0.3) is 0 Å². The number of hydrogen-bond acceptors (Lipinski definition) is 4. The van der Waals surface area contributed by atoms with Crippen LogP contribution < -0.4 is 5.32 Å². The zero-order chi connectivity index (χ0) is 22.1. The lowest BCUT2D eigenvalue weighted by Crippen LogP contribution is -2.50. The summed E-state index contributed by atoms with van der Waals surface area (Å²) in [4.78, 5) is 22.4. The van der Waals surface area contributed by atoms with Gasteiger partial charge in [0.1, 0.15) is 0 Å². The van der Waals surface area contributed by atoms with Gasteiger partial charge in [-0.05, 0) is 77.5 Å². The standard InChI is InChI=1S/C26H31BrN4O/c1-18-2-5-23-20(14-18)3-4-21-16-22(27)17-29-25(21)26(23)31-12-10-30(11-13-31)24(32)15-19-6-8-28-9-7-19/h2-5,14,16-17,19,26,28H,6-13,15H2,1H3. The molecule has 5 nitrogen and oxygen atoms in total. The summed E-state index contributed by atoms with van der Waals surface area (Å²) in [5.41, 5.74) is 6.08. The second-order valence-corrected chi connectivity index (χ2v) is 10.2. The van der Waals surface area contributed by atoms with E-state index in [1.807, 2.05) is 6.20 Å². The van der Waals surface area contributed by atoms with Gasteiger partial charge in [-0.1, -0.05) is 35.9 Å². The van der Waals surface area contributed by atoms with Crippen molar-refractivity contribution in [2.24, 2.45) is 5.92 Å². The molecule has 2 aliphatic heterocycles. The van der Waals surface area contributed by atoms with E-state index in [1.54, 1.807) is 0 Å². The zero-order valence-corrected chi connectivity index (χ0v) is 20.3. The first-order chi connectivity index (χ1) is 15.6. The molecule has 5 rings (SSSR count). The number of nitrogens with zero attached hydrogens (tertiary/aromatic N) is 3. The number of pyridine rings is 1. The molecule has 2 aromatic rings. The van der Waals surface area contributed by atoms with E-state index in [9.17, 15) is 4.79 Å². The van der Waals surface area contributed by atoms with Crippen LogP contribution in [0.3, 0.4) is 0 Å². The Morgan fingerprint density at radius 3 is 2.62 bits per heavy atom. The number of amides is 1. The third kappa shape index (κ3) is 4.54. The predicted molar refractivity (Wildman–Crippen MR) is 132 cm³/mol. The summed E-state index contributed by atoms with van der Waals surface area (Å²) in [5, 5.41) is 3.39. The van der Waals surface area contributed by atoms with Gasteiger partial charge in [-0.25, -0.2) is 0 Å². The highest BCUT2D eigenvalue weighted by molar-refractivity contribution is 9.10. The molecule has 2 saturated heterocycles. The van der Waals surface area contributed by atoms with E-state index in [4.69, 9.17) is 4.98 Å². The Balaban J connectivity index is 1.36. The van der Waals surface area contributed by atoms with E-state index in [0.29, 0.717) is 18.2 Å². The van der Waals surface area contributed by atoms with Crippen molar-refractivity contribution in [3.63, 3.8) is 0 Å². The SMILES string of the molecule is Cc1ccc2c(c1)C=Cc1cc(Br)cnc1C2N1CCN(C(=O)CC2CCNCC2)CC1. The Morgan fingerprint density at radius 2 is 1.84 bits per heavy atom. The molecule has 3 heterocycles. The smallest absolute Gasteiger partial charge is 0.222 e. The lowest BCUT2D eigenvalue weighted by molar-refractivity contribution is -0.134. The highest BCUT2D eigenvalue weighted by Gasteiger charge is 2.32. The third-order valence-electron chi connectivity index (χ3n) is 7.11. The van der Waals surface area contributed by atoms with Crippen LogP contribution in [0.4, 0.5) is 0 Å². The van der Waals surface area contributed by atoms with E-state index in [2.05, 4.69) is 74.4 Å². The molecule has 0 saturated carbocycles. The van der Waals surface area contributed by atoms with Gasteiger partial charge < -0.3 is 10.2 Å². The molecule has 6 heteroatoms. The number of carbonyl (C=O) groups excluding carboxylic acids is 1. The van der Waals surface area contributed by atoms with E-state index in [-0.39, 0.29) is 6.04 Å². The maximum atomic E-state index is 12.9. The van der Waals surface area contributed by atoms with E-state index >= 15 is 0 Å². The maximum absolute atomic E-state index is 12.9. The molecule has 0 spiro atoms. The van der Waals surface area contributed by atoms with Gasteiger partial charge in [0.15, 0.2) is 0 Å². The quantitative estimate of drug-likeness (QED) is 0.692. The molecule has 1 aromatic heterocycles. The van der Waals surface area contributed by atoms with Crippen LogP contribution in [0.2, 0.25) is 0 Å². The highest BCUT2D eigenvalue weighted by Crippen LogP contribution is 2.37. The first-order valence-electron chi connectivity index (χ1n) is 11.7. The lowest BCUT2D eigenvalue weighted by Gasteiger charge is -2.40. The van der Waals surface area contributed by atoms with E-state index < -0.39 is 0 Å². The Morgan fingerprint density at radius 1 is 1.09 bits per heavy atom. The number of nitrogens with one attached hydrogen (secondary N) is 1. The normalized spacial score (nSPS) is 21.7. The van der Waals surface area contributed by atoms with Crippen molar-refractivity contribution in [3.8, 4) is 0 Å². The number of aromatic nitrogens is 1. The number of fused-ring (bicyclic) bond motifs is 2. The summed E-state index contributed by atoms with van der Waals surface area (Å²) < 4.78 is 0.995. The van der Waals surface area contributed by atoms with Crippen LogP contribution in [0, 0.1) is 12.8 Å². The fourth-order valence-corrected chi connectivity index (χ4v) is 5.65. The van der Waals surface area contributed by atoms with Crippen molar-refractivity contribution in [1.82, 2.24) is 20.1 Å². The van der Waals surface area contributed by atoms with Gasteiger partial charge in [-0.15, -0.1) is 0 Å². The summed E-state index contributed by atoms with van der Waals surface area (Å²) in [6.45, 7) is 7.55. The first-order valence-corrected chi connectivity index (χ1v) is 12.5. The fraction of sp³-hybridized carbons (Fsp3) is 0.462. The first kappa shape index (κ1) is 21.8.